The van der Waals surface area contributed by atoms with Gasteiger partial charge in [-0.15, -0.1) is 0 Å². The molecule has 2 aromatic rings. The number of benzene rings is 1. The molecule has 4 rings (SSSR count). The lowest BCUT2D eigenvalue weighted by atomic mass is 10.0. The van der Waals surface area contributed by atoms with E-state index >= 15 is 0 Å². The number of carbonyl (C=O) groups excluding carboxylic acids is 3. The Bertz CT molecular complexity index is 987. The Hall–Kier alpha value is -3.46. The number of ketones is 1. The smallest absolute Gasteiger partial charge is 0.270 e. The molecule has 2 N–H and O–H groups in total. The standard InChI is InChI=1S/C22H24N4O5/c1-14(27)16-10-19-20(31-13-30-19)11-18(16)25-21(28)12-26-8-5-15(6-9-26)24-22(29)17-4-2-3-7-23-17/h2-4,7,10-11,15H,5-6,8-9,12-13H2,1H3,(H,24,29)(H,25,28). The van der Waals surface area contributed by atoms with E-state index in [9.17, 15) is 14.4 Å². The number of ether oxygens (including phenoxy) is 2. The van der Waals surface area contributed by atoms with Crippen LogP contribution in [0.25, 0.3) is 0 Å². The number of pyridine rings is 1. The van der Waals surface area contributed by atoms with Crippen molar-refractivity contribution in [3.8, 4) is 11.5 Å². The summed E-state index contributed by atoms with van der Waals surface area (Å²) in [5.74, 6) is 0.439. The van der Waals surface area contributed by atoms with Crippen LogP contribution in [0.1, 0.15) is 40.6 Å². The molecular weight excluding hydrogens is 400 g/mol. The summed E-state index contributed by atoms with van der Waals surface area (Å²) in [6.45, 7) is 3.10. The Morgan fingerprint density at radius 2 is 1.87 bits per heavy atom. The molecule has 0 radical (unpaired) electrons. The Labute approximate surface area is 179 Å². The van der Waals surface area contributed by atoms with Gasteiger partial charge in [0.25, 0.3) is 5.91 Å². The highest BCUT2D eigenvalue weighted by molar-refractivity contribution is 6.05. The average Bonchev–Trinajstić information content (AvgIpc) is 3.22. The van der Waals surface area contributed by atoms with Crippen LogP contribution in [0.4, 0.5) is 5.69 Å². The van der Waals surface area contributed by atoms with Crippen LogP contribution >= 0.6 is 0 Å². The lowest BCUT2D eigenvalue weighted by Crippen LogP contribution is -2.46. The third kappa shape index (κ3) is 5.00. The lowest BCUT2D eigenvalue weighted by Gasteiger charge is -2.31. The summed E-state index contributed by atoms with van der Waals surface area (Å²) < 4.78 is 10.7. The first kappa shape index (κ1) is 20.8. The van der Waals surface area contributed by atoms with Crippen molar-refractivity contribution in [2.24, 2.45) is 0 Å². The number of anilines is 1. The van der Waals surface area contributed by atoms with E-state index in [-0.39, 0.29) is 37.0 Å². The number of carbonyl (C=O) groups is 3. The number of hydrogen-bond donors (Lipinski definition) is 2. The Balaban J connectivity index is 1.29. The summed E-state index contributed by atoms with van der Waals surface area (Å²) in [5.41, 5.74) is 1.20. The maximum absolute atomic E-state index is 12.6. The highest BCUT2D eigenvalue weighted by Crippen LogP contribution is 2.37. The first-order valence-electron chi connectivity index (χ1n) is 10.2. The Morgan fingerprint density at radius 1 is 1.13 bits per heavy atom. The van der Waals surface area contributed by atoms with Crippen LogP contribution in [0.2, 0.25) is 0 Å². The van der Waals surface area contributed by atoms with Crippen molar-refractivity contribution in [1.82, 2.24) is 15.2 Å². The molecule has 0 saturated carbocycles. The molecule has 2 amide bonds. The summed E-state index contributed by atoms with van der Waals surface area (Å²) in [5, 5.41) is 5.82. The third-order valence-corrected chi connectivity index (χ3v) is 5.35. The monoisotopic (exact) mass is 424 g/mol. The Morgan fingerprint density at radius 3 is 2.55 bits per heavy atom. The van der Waals surface area contributed by atoms with Crippen molar-refractivity contribution in [2.75, 3.05) is 31.7 Å². The molecule has 1 saturated heterocycles. The van der Waals surface area contributed by atoms with Crippen molar-refractivity contribution in [3.63, 3.8) is 0 Å². The topological polar surface area (TPSA) is 110 Å². The molecule has 0 spiro atoms. The molecule has 0 atom stereocenters. The zero-order valence-electron chi connectivity index (χ0n) is 17.2. The summed E-state index contributed by atoms with van der Waals surface area (Å²) in [6, 6.07) is 8.49. The molecule has 162 valence electrons. The number of nitrogens with one attached hydrogen (secondary N) is 2. The second-order valence-corrected chi connectivity index (χ2v) is 7.59. The van der Waals surface area contributed by atoms with Gasteiger partial charge in [-0.3, -0.25) is 24.3 Å². The number of rotatable bonds is 6. The second-order valence-electron chi connectivity index (χ2n) is 7.59. The van der Waals surface area contributed by atoms with Crippen LogP contribution in [0, 0.1) is 0 Å². The van der Waals surface area contributed by atoms with Gasteiger partial charge in [-0.2, -0.15) is 0 Å². The van der Waals surface area contributed by atoms with E-state index in [0.29, 0.717) is 41.5 Å². The Kier molecular flexibility index (Phi) is 6.13. The van der Waals surface area contributed by atoms with Crippen molar-refractivity contribution in [3.05, 3.63) is 47.8 Å². The van der Waals surface area contributed by atoms with Crippen LogP contribution in [-0.2, 0) is 4.79 Å². The fraction of sp³-hybridized carbons (Fsp3) is 0.364. The molecule has 1 aromatic heterocycles. The predicted octanol–water partition coefficient (Wildman–Crippen LogP) is 1.85. The first-order valence-corrected chi connectivity index (χ1v) is 10.2. The molecule has 0 bridgehead atoms. The fourth-order valence-corrected chi connectivity index (χ4v) is 3.72. The lowest BCUT2D eigenvalue weighted by molar-refractivity contribution is -0.117. The van der Waals surface area contributed by atoms with Crippen LogP contribution in [0.5, 0.6) is 11.5 Å². The van der Waals surface area contributed by atoms with Crippen LogP contribution in [0.15, 0.2) is 36.5 Å². The predicted molar refractivity (Wildman–Crippen MR) is 112 cm³/mol. The molecule has 3 heterocycles. The molecule has 1 aromatic carbocycles. The molecule has 9 nitrogen and oxygen atoms in total. The highest BCUT2D eigenvalue weighted by Gasteiger charge is 2.24. The van der Waals surface area contributed by atoms with E-state index in [0.717, 1.165) is 12.8 Å². The van der Waals surface area contributed by atoms with Gasteiger partial charge >= 0.3 is 0 Å². The first-order chi connectivity index (χ1) is 15.0. The molecule has 0 aliphatic carbocycles. The molecule has 2 aliphatic heterocycles. The van der Waals surface area contributed by atoms with E-state index in [4.69, 9.17) is 9.47 Å². The fourth-order valence-electron chi connectivity index (χ4n) is 3.72. The van der Waals surface area contributed by atoms with Crippen LogP contribution in [-0.4, -0.2) is 60.0 Å². The summed E-state index contributed by atoms with van der Waals surface area (Å²) in [7, 11) is 0. The molecule has 9 heteroatoms. The molecule has 0 unspecified atom stereocenters. The van der Waals surface area contributed by atoms with E-state index in [2.05, 4.69) is 15.6 Å². The normalized spacial score (nSPS) is 16.0. The van der Waals surface area contributed by atoms with E-state index in [1.807, 2.05) is 4.90 Å². The number of amides is 2. The SMILES string of the molecule is CC(=O)c1cc2c(cc1NC(=O)CN1CCC(NC(=O)c3ccccn3)CC1)OCO2. The van der Waals surface area contributed by atoms with Gasteiger partial charge in [-0.25, -0.2) is 0 Å². The minimum Gasteiger partial charge on any atom is -0.454 e. The largest absolute Gasteiger partial charge is 0.454 e. The van der Waals surface area contributed by atoms with Gasteiger partial charge in [0.15, 0.2) is 17.3 Å². The zero-order valence-corrected chi connectivity index (χ0v) is 17.2. The number of Topliss-reactive ketones (excluding diaryl/α,β-unsaturated/α-hetero) is 1. The van der Waals surface area contributed by atoms with E-state index in [1.165, 1.54) is 6.92 Å². The van der Waals surface area contributed by atoms with Crippen molar-refractivity contribution in [1.29, 1.82) is 0 Å². The van der Waals surface area contributed by atoms with Gasteiger partial charge < -0.3 is 20.1 Å². The van der Waals surface area contributed by atoms with Gasteiger partial charge in [-0.1, -0.05) is 6.07 Å². The minimum atomic E-state index is -0.211. The second kappa shape index (κ2) is 9.13. The zero-order chi connectivity index (χ0) is 21.8. The van der Waals surface area contributed by atoms with Gasteiger partial charge in [0.1, 0.15) is 5.69 Å². The number of likely N-dealkylation sites (tertiary alicyclic amines) is 1. The van der Waals surface area contributed by atoms with Crippen LogP contribution < -0.4 is 20.1 Å². The molecular formula is C22H24N4O5. The number of nitrogens with zero attached hydrogens (tertiary/aromatic N) is 2. The van der Waals surface area contributed by atoms with Gasteiger partial charge in [-0.05, 0) is 38.0 Å². The highest BCUT2D eigenvalue weighted by atomic mass is 16.7. The van der Waals surface area contributed by atoms with Crippen molar-refractivity contribution >= 4 is 23.3 Å². The molecule has 31 heavy (non-hydrogen) atoms. The number of aromatic nitrogens is 1. The number of piperidine rings is 1. The van der Waals surface area contributed by atoms with Crippen molar-refractivity contribution in [2.45, 2.75) is 25.8 Å². The van der Waals surface area contributed by atoms with Gasteiger partial charge in [0.05, 0.1) is 12.2 Å². The summed E-state index contributed by atoms with van der Waals surface area (Å²) in [4.78, 5) is 42.9. The van der Waals surface area contributed by atoms with E-state index in [1.54, 1.807) is 36.5 Å². The van der Waals surface area contributed by atoms with Crippen LogP contribution in [0.3, 0.4) is 0 Å². The molecule has 2 aliphatic rings. The number of hydrogen-bond acceptors (Lipinski definition) is 7. The van der Waals surface area contributed by atoms with Gasteiger partial charge in [0.2, 0.25) is 12.7 Å². The van der Waals surface area contributed by atoms with E-state index < -0.39 is 0 Å². The quantitative estimate of drug-likeness (QED) is 0.681. The van der Waals surface area contributed by atoms with Crippen molar-refractivity contribution < 1.29 is 23.9 Å². The molecule has 1 fully saturated rings. The summed E-state index contributed by atoms with van der Waals surface area (Å²) >= 11 is 0. The maximum atomic E-state index is 12.6. The average molecular weight is 424 g/mol. The summed E-state index contributed by atoms with van der Waals surface area (Å²) in [6.07, 6.45) is 3.08. The third-order valence-electron chi connectivity index (χ3n) is 5.35. The van der Waals surface area contributed by atoms with Gasteiger partial charge in [0, 0.05) is 37.0 Å². The minimum absolute atomic E-state index is 0.0481. The number of fused-ring (bicyclic) bond motifs is 1. The maximum Gasteiger partial charge on any atom is 0.270 e.